The summed E-state index contributed by atoms with van der Waals surface area (Å²) in [6, 6.07) is 2.23. The third-order valence-corrected chi connectivity index (χ3v) is 6.81. The topological polar surface area (TPSA) is 40.6 Å². The Labute approximate surface area is 99.5 Å². The zero-order valence-corrected chi connectivity index (χ0v) is 10.7. The lowest BCUT2D eigenvalue weighted by Gasteiger charge is -2.43. The first kappa shape index (κ1) is 10.7. The zero-order valence-electron chi connectivity index (χ0n) is 9.09. The van der Waals surface area contributed by atoms with Crippen LogP contribution in [0.3, 0.4) is 0 Å². The number of likely N-dealkylation sites (N-methyl/N-ethyl adjacent to an activating group) is 1. The van der Waals surface area contributed by atoms with E-state index in [2.05, 4.69) is 11.8 Å². The van der Waals surface area contributed by atoms with Crippen molar-refractivity contribution in [2.75, 3.05) is 26.2 Å². The van der Waals surface area contributed by atoms with Gasteiger partial charge in [0.05, 0.1) is 6.04 Å². The summed E-state index contributed by atoms with van der Waals surface area (Å²) < 4.78 is 26.6. The highest BCUT2D eigenvalue weighted by molar-refractivity contribution is 7.91. The van der Waals surface area contributed by atoms with Gasteiger partial charge in [-0.1, -0.05) is 6.92 Å². The van der Waals surface area contributed by atoms with Crippen molar-refractivity contribution in [3.8, 4) is 0 Å². The molecule has 3 heterocycles. The largest absolute Gasteiger partial charge is 0.294 e. The van der Waals surface area contributed by atoms with Crippen molar-refractivity contribution in [3.63, 3.8) is 0 Å². The summed E-state index contributed by atoms with van der Waals surface area (Å²) in [7, 11) is -3.18. The van der Waals surface area contributed by atoms with Crippen molar-refractivity contribution in [2.24, 2.45) is 0 Å². The van der Waals surface area contributed by atoms with Crippen LogP contribution in [0, 0.1) is 0 Å². The lowest BCUT2D eigenvalue weighted by Crippen LogP contribution is -2.53. The van der Waals surface area contributed by atoms with Crippen molar-refractivity contribution in [3.05, 3.63) is 17.0 Å². The Morgan fingerprint density at radius 3 is 3.06 bits per heavy atom. The van der Waals surface area contributed by atoms with Crippen molar-refractivity contribution in [1.82, 2.24) is 9.21 Å². The molecule has 1 aromatic heterocycles. The summed E-state index contributed by atoms with van der Waals surface area (Å²) >= 11 is 1.35. The second kappa shape index (κ2) is 3.53. The van der Waals surface area contributed by atoms with E-state index in [0.29, 0.717) is 17.3 Å². The van der Waals surface area contributed by atoms with Gasteiger partial charge in [0, 0.05) is 25.2 Å². The fraction of sp³-hybridized carbons (Fsp3) is 0.600. The van der Waals surface area contributed by atoms with Crippen LogP contribution in [0.2, 0.25) is 0 Å². The SMILES string of the molecule is CCN1CCN2CC1c1ccsc1S2(=O)=O. The van der Waals surface area contributed by atoms with E-state index in [9.17, 15) is 8.42 Å². The third-order valence-electron chi connectivity index (χ3n) is 3.45. The van der Waals surface area contributed by atoms with Gasteiger partial charge < -0.3 is 0 Å². The van der Waals surface area contributed by atoms with Gasteiger partial charge in [-0.05, 0) is 18.0 Å². The summed E-state index contributed by atoms with van der Waals surface area (Å²) in [4.78, 5) is 2.36. The number of nitrogens with zero attached hydrogens (tertiary/aromatic N) is 2. The van der Waals surface area contributed by atoms with Crippen molar-refractivity contribution in [2.45, 2.75) is 17.2 Å². The normalized spacial score (nSPS) is 32.3. The highest BCUT2D eigenvalue weighted by atomic mass is 32.2. The molecule has 2 atom stereocenters. The zero-order chi connectivity index (χ0) is 11.3. The maximum Gasteiger partial charge on any atom is 0.253 e. The average molecular weight is 258 g/mol. The Bertz CT molecular complexity index is 509. The van der Waals surface area contributed by atoms with E-state index in [1.807, 2.05) is 11.4 Å². The molecular weight excluding hydrogens is 244 g/mol. The monoisotopic (exact) mass is 258 g/mol. The molecule has 2 aliphatic heterocycles. The maximum atomic E-state index is 12.2. The van der Waals surface area contributed by atoms with Crippen molar-refractivity contribution < 1.29 is 8.42 Å². The van der Waals surface area contributed by atoms with Crippen LogP contribution in [-0.2, 0) is 10.0 Å². The molecule has 0 N–H and O–H groups in total. The van der Waals surface area contributed by atoms with Crippen LogP contribution in [0.4, 0.5) is 0 Å². The minimum absolute atomic E-state index is 0.267. The van der Waals surface area contributed by atoms with Crippen LogP contribution in [0.1, 0.15) is 18.5 Å². The van der Waals surface area contributed by atoms with E-state index >= 15 is 0 Å². The lowest BCUT2D eigenvalue weighted by atomic mass is 10.1. The number of rotatable bonds is 1. The highest BCUT2D eigenvalue weighted by Crippen LogP contribution is 2.40. The Morgan fingerprint density at radius 1 is 1.50 bits per heavy atom. The first-order valence-electron chi connectivity index (χ1n) is 5.46. The second-order valence-corrected chi connectivity index (χ2v) is 7.22. The van der Waals surface area contributed by atoms with Crippen LogP contribution in [-0.4, -0.2) is 43.8 Å². The van der Waals surface area contributed by atoms with Crippen LogP contribution in [0.5, 0.6) is 0 Å². The molecule has 6 heteroatoms. The number of sulfonamides is 1. The van der Waals surface area contributed by atoms with Gasteiger partial charge in [0.25, 0.3) is 10.0 Å². The van der Waals surface area contributed by atoms with Crippen molar-refractivity contribution in [1.29, 1.82) is 0 Å². The molecule has 0 saturated carbocycles. The lowest BCUT2D eigenvalue weighted by molar-refractivity contribution is 0.117. The molecule has 0 amide bonds. The Hall–Kier alpha value is -0.430. The second-order valence-electron chi connectivity index (χ2n) is 4.17. The quantitative estimate of drug-likeness (QED) is 0.758. The van der Waals surface area contributed by atoms with Crippen LogP contribution >= 0.6 is 11.3 Å². The molecule has 0 spiro atoms. The van der Waals surface area contributed by atoms with Gasteiger partial charge in [-0.3, -0.25) is 4.90 Å². The molecule has 1 saturated heterocycles. The van der Waals surface area contributed by atoms with Gasteiger partial charge >= 0.3 is 0 Å². The smallest absolute Gasteiger partial charge is 0.253 e. The van der Waals surface area contributed by atoms with Gasteiger partial charge in [-0.25, -0.2) is 8.42 Å². The van der Waals surface area contributed by atoms with E-state index in [1.165, 1.54) is 11.3 Å². The maximum absolute atomic E-state index is 12.2. The van der Waals surface area contributed by atoms with E-state index in [1.54, 1.807) is 4.31 Å². The summed E-state index contributed by atoms with van der Waals surface area (Å²) in [5.41, 5.74) is 1.00. The first-order chi connectivity index (χ1) is 7.64. The van der Waals surface area contributed by atoms with E-state index in [4.69, 9.17) is 0 Å². The van der Waals surface area contributed by atoms with E-state index in [-0.39, 0.29) is 6.04 Å². The number of fused-ring (bicyclic) bond motifs is 4. The number of piperazine rings is 1. The molecule has 0 radical (unpaired) electrons. The van der Waals surface area contributed by atoms with Crippen molar-refractivity contribution >= 4 is 21.4 Å². The standard InChI is InChI=1S/C10H14N2O2S2/c1-2-11-4-5-12-7-9(11)8-3-6-15-10(8)16(12,13)14/h3,6,9H,2,4-5,7H2,1H3. The van der Waals surface area contributed by atoms with Crippen LogP contribution in [0.15, 0.2) is 15.7 Å². The summed E-state index contributed by atoms with van der Waals surface area (Å²) in [5, 5.41) is 1.89. The molecule has 2 aliphatic rings. The van der Waals surface area contributed by atoms with E-state index in [0.717, 1.165) is 18.7 Å². The predicted molar refractivity (Wildman–Crippen MR) is 63.1 cm³/mol. The minimum atomic E-state index is -3.18. The molecule has 88 valence electrons. The summed E-state index contributed by atoms with van der Waals surface area (Å²) in [5.74, 6) is 0. The number of hydrogen-bond acceptors (Lipinski definition) is 4. The van der Waals surface area contributed by atoms with Gasteiger partial charge in [0.15, 0.2) is 0 Å². The molecule has 2 unspecified atom stereocenters. The molecule has 1 fully saturated rings. The van der Waals surface area contributed by atoms with E-state index < -0.39 is 10.0 Å². The number of hydrogen-bond donors (Lipinski definition) is 0. The van der Waals surface area contributed by atoms with Gasteiger partial charge in [0.1, 0.15) is 4.21 Å². The fourth-order valence-electron chi connectivity index (χ4n) is 2.57. The molecule has 1 aromatic rings. The van der Waals surface area contributed by atoms with Crippen LogP contribution in [0.25, 0.3) is 0 Å². The first-order valence-corrected chi connectivity index (χ1v) is 7.78. The molecule has 0 aliphatic carbocycles. The fourth-order valence-corrected chi connectivity index (χ4v) is 5.61. The Morgan fingerprint density at radius 2 is 2.31 bits per heavy atom. The minimum Gasteiger partial charge on any atom is -0.294 e. The number of thiophene rings is 1. The summed E-state index contributed by atoms with van der Waals surface area (Å²) in [6.45, 7) is 5.21. The van der Waals surface area contributed by atoms with Crippen LogP contribution < -0.4 is 0 Å². The highest BCUT2D eigenvalue weighted by Gasteiger charge is 2.42. The molecule has 3 rings (SSSR count). The predicted octanol–water partition coefficient (Wildman–Crippen LogP) is 1.13. The Balaban J connectivity index is 2.16. The van der Waals surface area contributed by atoms with Gasteiger partial charge in [0.2, 0.25) is 0 Å². The molecule has 0 aromatic carbocycles. The molecule has 2 bridgehead atoms. The molecular formula is C10H14N2O2S2. The Kier molecular flexibility index (Phi) is 2.36. The third kappa shape index (κ3) is 1.30. The van der Waals surface area contributed by atoms with Gasteiger partial charge in [-0.15, -0.1) is 11.3 Å². The molecule has 16 heavy (non-hydrogen) atoms. The van der Waals surface area contributed by atoms with Gasteiger partial charge in [-0.2, -0.15) is 4.31 Å². The summed E-state index contributed by atoms with van der Waals surface area (Å²) in [6.07, 6.45) is 0. The molecule has 4 nitrogen and oxygen atoms in total. The average Bonchev–Trinajstić information content (AvgIpc) is 2.76.